The summed E-state index contributed by atoms with van der Waals surface area (Å²) in [6.07, 6.45) is 8.86. The number of aliphatic carboxylic acids is 1. The second kappa shape index (κ2) is 9.87. The normalized spacial score (nSPS) is 46.1. The smallest absolute Gasteiger partial charge is 0.550 e. The van der Waals surface area contributed by atoms with Gasteiger partial charge in [0.1, 0.15) is 6.10 Å². The minimum Gasteiger partial charge on any atom is -0.550 e. The van der Waals surface area contributed by atoms with Crippen molar-refractivity contribution >= 4 is 11.9 Å². The van der Waals surface area contributed by atoms with Crippen molar-refractivity contribution in [1.29, 1.82) is 0 Å². The summed E-state index contributed by atoms with van der Waals surface area (Å²) in [7, 11) is 0. The van der Waals surface area contributed by atoms with E-state index in [0.29, 0.717) is 41.9 Å². The molecule has 6 heteroatoms. The summed E-state index contributed by atoms with van der Waals surface area (Å²) in [6.45, 7) is 8.63. The Labute approximate surface area is 215 Å². The number of carboxylic acid groups (broad SMARTS) is 1. The average Bonchev–Trinajstić information content (AvgIpc) is 3.04. The predicted molar refractivity (Wildman–Crippen MR) is 116 cm³/mol. The van der Waals surface area contributed by atoms with Crippen LogP contribution in [-0.2, 0) is 14.3 Å². The van der Waals surface area contributed by atoms with E-state index in [-0.39, 0.29) is 65.0 Å². The summed E-state index contributed by atoms with van der Waals surface area (Å²) in [4.78, 5) is 23.1. The number of rotatable bonds is 5. The fraction of sp³-hybridized carbons (Fsp3) is 0.923. The van der Waals surface area contributed by atoms with E-state index in [2.05, 4.69) is 20.8 Å². The van der Waals surface area contributed by atoms with Crippen LogP contribution in [0.2, 0.25) is 0 Å². The van der Waals surface area contributed by atoms with Crippen LogP contribution in [0.5, 0.6) is 0 Å². The second-order valence-electron chi connectivity index (χ2n) is 11.9. The standard InChI is InChI=1S/C26H42O5.Na/c1-15(5-8-23(29)30)19-6-7-20-24-21(10-12-26(19,20)4)25(3)11-9-18(28)13-17(25)14-22(24)31-16(2)27;/h15,17-22,24,28H,5-14H2,1-4H3,(H,29,30);/q;+1/p-1/t15-,17+,18-,19-,20?,21?,22-,24?,25+,26-;/m1./s1. The van der Waals surface area contributed by atoms with E-state index in [1.807, 2.05) is 0 Å². The third-order valence-electron chi connectivity index (χ3n) is 10.5. The van der Waals surface area contributed by atoms with Gasteiger partial charge >= 0.3 is 35.5 Å². The molecule has 5 nitrogen and oxygen atoms in total. The number of ether oxygens (including phenoxy) is 1. The van der Waals surface area contributed by atoms with Crippen LogP contribution in [0, 0.1) is 46.3 Å². The molecule has 4 saturated carbocycles. The van der Waals surface area contributed by atoms with E-state index in [1.54, 1.807) is 0 Å². The van der Waals surface area contributed by atoms with E-state index in [1.165, 1.54) is 13.3 Å². The van der Waals surface area contributed by atoms with Crippen LogP contribution < -0.4 is 34.7 Å². The van der Waals surface area contributed by atoms with Crippen LogP contribution in [0.25, 0.3) is 0 Å². The van der Waals surface area contributed by atoms with Gasteiger partial charge in [-0.1, -0.05) is 20.8 Å². The zero-order valence-corrected chi connectivity index (χ0v) is 22.8. The number of hydrogen-bond donors (Lipinski definition) is 1. The molecular weight excluding hydrogens is 415 g/mol. The molecule has 32 heavy (non-hydrogen) atoms. The van der Waals surface area contributed by atoms with Gasteiger partial charge in [0, 0.05) is 18.8 Å². The first kappa shape index (κ1) is 26.5. The Morgan fingerprint density at radius 3 is 2.38 bits per heavy atom. The van der Waals surface area contributed by atoms with Crippen molar-refractivity contribution in [3.63, 3.8) is 0 Å². The topological polar surface area (TPSA) is 86.7 Å². The van der Waals surface area contributed by atoms with Gasteiger partial charge in [0.15, 0.2) is 0 Å². The summed E-state index contributed by atoms with van der Waals surface area (Å²) < 4.78 is 6.01. The molecule has 0 saturated heterocycles. The van der Waals surface area contributed by atoms with Crippen LogP contribution in [0.15, 0.2) is 0 Å². The van der Waals surface area contributed by atoms with Crippen molar-refractivity contribution in [2.45, 2.75) is 104 Å². The molecule has 176 valence electrons. The molecule has 0 aromatic heterocycles. The van der Waals surface area contributed by atoms with E-state index in [4.69, 9.17) is 4.74 Å². The Kier molecular flexibility index (Phi) is 8.18. The maximum Gasteiger partial charge on any atom is 1.00 e. The molecule has 0 radical (unpaired) electrons. The molecule has 4 rings (SSSR count). The largest absolute Gasteiger partial charge is 1.00 e. The van der Waals surface area contributed by atoms with E-state index in [9.17, 15) is 19.8 Å². The molecule has 0 heterocycles. The first-order chi connectivity index (χ1) is 14.6. The maximum atomic E-state index is 12.1. The number of carbonyl (C=O) groups excluding carboxylic acids is 2. The van der Waals surface area contributed by atoms with Gasteiger partial charge in [0.25, 0.3) is 0 Å². The summed E-state index contributed by atoms with van der Waals surface area (Å²) >= 11 is 0. The van der Waals surface area contributed by atoms with Gasteiger partial charge in [0.2, 0.25) is 0 Å². The van der Waals surface area contributed by atoms with Crippen molar-refractivity contribution in [3.05, 3.63) is 0 Å². The molecule has 0 bridgehead atoms. The number of hydrogen-bond acceptors (Lipinski definition) is 5. The number of aliphatic hydroxyl groups excluding tert-OH is 1. The Morgan fingerprint density at radius 2 is 1.72 bits per heavy atom. The van der Waals surface area contributed by atoms with Gasteiger partial charge in [-0.25, -0.2) is 0 Å². The number of aliphatic hydroxyl groups is 1. The van der Waals surface area contributed by atoms with E-state index < -0.39 is 5.97 Å². The van der Waals surface area contributed by atoms with Gasteiger partial charge in [-0.15, -0.1) is 0 Å². The van der Waals surface area contributed by atoms with Crippen molar-refractivity contribution in [2.75, 3.05) is 0 Å². The first-order valence-corrected chi connectivity index (χ1v) is 12.6. The van der Waals surface area contributed by atoms with Gasteiger partial charge in [0.05, 0.1) is 6.10 Å². The third kappa shape index (κ3) is 4.57. The molecular formula is C26H41NaO5. The zero-order chi connectivity index (χ0) is 22.6. The summed E-state index contributed by atoms with van der Waals surface area (Å²) in [5.41, 5.74) is 0.406. The number of carboxylic acids is 1. The minimum absolute atomic E-state index is 0. The van der Waals surface area contributed by atoms with E-state index in [0.717, 1.165) is 44.9 Å². The Balaban J connectivity index is 0.00000289. The third-order valence-corrected chi connectivity index (χ3v) is 10.5. The van der Waals surface area contributed by atoms with Crippen LogP contribution >= 0.6 is 0 Å². The number of esters is 1. The van der Waals surface area contributed by atoms with Crippen LogP contribution in [0.1, 0.15) is 91.9 Å². The molecule has 0 aromatic carbocycles. The maximum absolute atomic E-state index is 12.1. The predicted octanol–water partition coefficient (Wildman–Crippen LogP) is 0.718. The van der Waals surface area contributed by atoms with Crippen molar-refractivity contribution in [3.8, 4) is 0 Å². The Bertz CT molecular complexity index is 712. The Hall–Kier alpha value is -0.100. The van der Waals surface area contributed by atoms with Gasteiger partial charge in [-0.05, 0) is 105 Å². The molecule has 10 atom stereocenters. The van der Waals surface area contributed by atoms with Gasteiger partial charge in [-0.2, -0.15) is 0 Å². The minimum atomic E-state index is -0.948. The monoisotopic (exact) mass is 456 g/mol. The summed E-state index contributed by atoms with van der Waals surface area (Å²) in [5, 5.41) is 21.4. The van der Waals surface area contributed by atoms with Gasteiger partial charge in [-0.3, -0.25) is 4.79 Å². The van der Waals surface area contributed by atoms with Crippen molar-refractivity contribution < 1.29 is 54.1 Å². The molecule has 4 fully saturated rings. The SMILES string of the molecule is CC(=O)O[C@@H]1C[C@@H]2C[C@H](O)CC[C@]2(C)C2CC[C@@]3(C)C(CC[C@@H]3[C@H](C)CCC(=O)[O-])C21.[Na+]. The molecule has 4 aliphatic rings. The van der Waals surface area contributed by atoms with E-state index >= 15 is 0 Å². The van der Waals surface area contributed by atoms with Gasteiger partial charge < -0.3 is 19.7 Å². The quantitative estimate of drug-likeness (QED) is 0.487. The molecule has 1 N–H and O–H groups in total. The molecule has 0 spiro atoms. The van der Waals surface area contributed by atoms with Crippen molar-refractivity contribution in [2.24, 2.45) is 46.3 Å². The summed E-state index contributed by atoms with van der Waals surface area (Å²) in [5.74, 6) is 1.63. The number of carbonyl (C=O) groups is 2. The molecule has 3 unspecified atom stereocenters. The first-order valence-electron chi connectivity index (χ1n) is 12.6. The molecule has 0 amide bonds. The van der Waals surface area contributed by atoms with Crippen LogP contribution in [0.4, 0.5) is 0 Å². The fourth-order valence-corrected chi connectivity index (χ4v) is 9.03. The van der Waals surface area contributed by atoms with Crippen LogP contribution in [0.3, 0.4) is 0 Å². The zero-order valence-electron chi connectivity index (χ0n) is 20.8. The summed E-state index contributed by atoms with van der Waals surface area (Å²) in [6, 6.07) is 0. The fourth-order valence-electron chi connectivity index (χ4n) is 9.03. The Morgan fingerprint density at radius 1 is 1.06 bits per heavy atom. The molecule has 0 aromatic rings. The second-order valence-corrected chi connectivity index (χ2v) is 11.9. The molecule has 0 aliphatic heterocycles. The van der Waals surface area contributed by atoms with Crippen molar-refractivity contribution in [1.82, 2.24) is 0 Å². The van der Waals surface area contributed by atoms with Crippen LogP contribution in [-0.4, -0.2) is 29.3 Å². The average molecular weight is 457 g/mol. The number of fused-ring (bicyclic) bond motifs is 5. The molecule has 4 aliphatic carbocycles.